The molecule has 0 N–H and O–H groups in total. The topological polar surface area (TPSA) is 29.4 Å². The smallest absolute Gasteiger partial charge is 0.234 e. The fourth-order valence-corrected chi connectivity index (χ4v) is 5.03. The second-order valence-corrected chi connectivity index (χ2v) is 11.2. The summed E-state index contributed by atoms with van der Waals surface area (Å²) in [5.74, 6) is -1.24. The van der Waals surface area contributed by atoms with Gasteiger partial charge in [-0.2, -0.15) is 17.6 Å². The molecule has 2 aliphatic carbocycles. The fraction of sp³-hybridized carbons (Fsp3) is 0.632. The molecule has 2 aliphatic rings. The highest BCUT2D eigenvalue weighted by Gasteiger charge is 2.51. The van der Waals surface area contributed by atoms with E-state index in [0.717, 1.165) is 21.3 Å². The van der Waals surface area contributed by atoms with Crippen LogP contribution in [-0.4, -0.2) is 20.8 Å². The lowest BCUT2D eigenvalue weighted by Crippen LogP contribution is -2.38. The first kappa shape index (κ1) is 20.1. The maximum atomic E-state index is 13.1. The van der Waals surface area contributed by atoms with Gasteiger partial charge in [-0.15, -0.1) is 0 Å². The molecule has 0 saturated heterocycles. The van der Waals surface area contributed by atoms with Crippen molar-refractivity contribution in [2.45, 2.75) is 63.8 Å². The zero-order chi connectivity index (χ0) is 19.3. The van der Waals surface area contributed by atoms with Gasteiger partial charge in [0.05, 0.1) is 16.4 Å². The van der Waals surface area contributed by atoms with Crippen LogP contribution in [0.1, 0.15) is 57.6 Å². The van der Waals surface area contributed by atoms with Crippen LogP contribution in [0.3, 0.4) is 0 Å². The Bertz CT molecular complexity index is 759. The average Bonchev–Trinajstić information content (AvgIpc) is 2.79. The number of nitrogens with zero attached hydrogens (tertiary/aromatic N) is 1. The predicted octanol–water partition coefficient (Wildman–Crippen LogP) is 6.00. The summed E-state index contributed by atoms with van der Waals surface area (Å²) >= 11 is 3.47. The van der Waals surface area contributed by atoms with E-state index in [1.807, 2.05) is 39.0 Å². The number of alkyl halides is 3. The van der Waals surface area contributed by atoms with Gasteiger partial charge in [-0.25, -0.2) is 4.21 Å². The van der Waals surface area contributed by atoms with Crippen LogP contribution in [0.2, 0.25) is 0 Å². The van der Waals surface area contributed by atoms with Crippen LogP contribution < -0.4 is 0 Å². The van der Waals surface area contributed by atoms with Crippen LogP contribution in [0.15, 0.2) is 27.1 Å². The second kappa shape index (κ2) is 6.73. The van der Waals surface area contributed by atoms with E-state index in [9.17, 15) is 17.4 Å². The summed E-state index contributed by atoms with van der Waals surface area (Å²) in [4.78, 5) is 0. The molecule has 0 aromatic heterocycles. The highest BCUT2D eigenvalue weighted by Crippen LogP contribution is 2.52. The Hall–Kier alpha value is -0.690. The lowest BCUT2D eigenvalue weighted by Gasteiger charge is -2.38. The minimum absolute atomic E-state index is 0.111. The van der Waals surface area contributed by atoms with Gasteiger partial charge in [0.2, 0.25) is 0 Å². The monoisotopic (exact) mass is 449 g/mol. The van der Waals surface area contributed by atoms with E-state index in [4.69, 9.17) is 0 Å². The molecule has 144 valence electrons. The first-order chi connectivity index (χ1) is 11.9. The van der Waals surface area contributed by atoms with E-state index in [-0.39, 0.29) is 12.8 Å². The van der Waals surface area contributed by atoms with Crippen molar-refractivity contribution in [1.82, 2.24) is 0 Å². The molecule has 7 heteroatoms. The van der Waals surface area contributed by atoms with E-state index in [1.54, 1.807) is 0 Å². The Morgan fingerprint density at radius 2 is 1.81 bits per heavy atom. The second-order valence-electron chi connectivity index (χ2n) is 8.38. The van der Waals surface area contributed by atoms with E-state index < -0.39 is 33.2 Å². The number of fused-ring (bicyclic) bond motifs is 1. The maximum absolute atomic E-state index is 13.1. The fourth-order valence-electron chi connectivity index (χ4n) is 3.93. The first-order valence-electron chi connectivity index (χ1n) is 8.79. The molecule has 0 radical (unpaired) electrons. The van der Waals surface area contributed by atoms with Gasteiger partial charge in [0, 0.05) is 15.5 Å². The van der Waals surface area contributed by atoms with Crippen LogP contribution in [0, 0.1) is 11.3 Å². The van der Waals surface area contributed by atoms with E-state index in [0.29, 0.717) is 19.3 Å². The minimum atomic E-state index is -4.14. The minimum Gasteiger partial charge on any atom is -0.234 e. The van der Waals surface area contributed by atoms with Crippen molar-refractivity contribution >= 4 is 32.6 Å². The van der Waals surface area contributed by atoms with Crippen LogP contribution >= 0.6 is 15.9 Å². The Morgan fingerprint density at radius 1 is 1.19 bits per heavy atom. The summed E-state index contributed by atoms with van der Waals surface area (Å²) in [7, 11) is -1.44. The van der Waals surface area contributed by atoms with Crippen molar-refractivity contribution in [3.63, 3.8) is 0 Å². The molecule has 3 rings (SSSR count). The molecule has 1 atom stereocenters. The number of hydrogen-bond donors (Lipinski definition) is 0. The third kappa shape index (κ3) is 3.79. The zero-order valence-electron chi connectivity index (χ0n) is 15.1. The molecule has 1 unspecified atom stereocenters. The summed E-state index contributed by atoms with van der Waals surface area (Å²) in [5, 5.41) is 0. The van der Waals surface area contributed by atoms with Gasteiger partial charge in [-0.1, -0.05) is 22.0 Å². The quantitative estimate of drug-likeness (QED) is 0.517. The standard InChI is InChI=1S/C19H23BrF3NOS/c1-17(2,3)26(25)24-16-15-10-14(20)5-4-12(15)11-18(16)8-6-13(7-9-18)19(21,22)23/h4-5,10,13H,6-9,11H2,1-3H3/b24-16+. The molecule has 1 spiro atoms. The number of hydrogen-bond acceptors (Lipinski definition) is 1. The predicted molar refractivity (Wildman–Crippen MR) is 103 cm³/mol. The van der Waals surface area contributed by atoms with Gasteiger partial charge in [0.1, 0.15) is 11.0 Å². The summed E-state index contributed by atoms with van der Waals surface area (Å²) < 4.78 is 57.0. The largest absolute Gasteiger partial charge is 0.391 e. The third-order valence-electron chi connectivity index (χ3n) is 5.46. The van der Waals surface area contributed by atoms with Crippen molar-refractivity contribution in [2.75, 3.05) is 0 Å². The Morgan fingerprint density at radius 3 is 2.35 bits per heavy atom. The maximum Gasteiger partial charge on any atom is 0.391 e. The van der Waals surface area contributed by atoms with Crippen molar-refractivity contribution in [3.8, 4) is 0 Å². The molecule has 1 fully saturated rings. The van der Waals surface area contributed by atoms with Crippen LogP contribution in [0.25, 0.3) is 0 Å². The molecule has 1 saturated carbocycles. The van der Waals surface area contributed by atoms with Gasteiger partial charge in [0.25, 0.3) is 0 Å². The number of halogens is 4. The molecule has 26 heavy (non-hydrogen) atoms. The number of rotatable bonds is 1. The summed E-state index contributed by atoms with van der Waals surface area (Å²) in [6, 6.07) is 5.90. The van der Waals surface area contributed by atoms with Crippen molar-refractivity contribution in [3.05, 3.63) is 33.8 Å². The van der Waals surface area contributed by atoms with Crippen LogP contribution in [0.5, 0.6) is 0 Å². The van der Waals surface area contributed by atoms with Crippen molar-refractivity contribution < 1.29 is 17.4 Å². The molecule has 1 aromatic carbocycles. The molecule has 0 aliphatic heterocycles. The number of benzene rings is 1. The zero-order valence-corrected chi connectivity index (χ0v) is 17.5. The normalized spacial score (nSPS) is 29.2. The molecular formula is C19H23BrF3NOS. The van der Waals surface area contributed by atoms with E-state index in [1.165, 1.54) is 0 Å². The van der Waals surface area contributed by atoms with Crippen LogP contribution in [0.4, 0.5) is 13.2 Å². The van der Waals surface area contributed by atoms with E-state index >= 15 is 0 Å². The average molecular weight is 450 g/mol. The highest BCUT2D eigenvalue weighted by atomic mass is 79.9. The molecule has 0 bridgehead atoms. The molecule has 2 nitrogen and oxygen atoms in total. The SMILES string of the molecule is CC(C)(C)S(=O)/N=C1\c2cc(Br)ccc2CC12CCC(C(F)(F)F)CC2. The van der Waals surface area contributed by atoms with Crippen LogP contribution in [-0.2, 0) is 17.4 Å². The summed E-state index contributed by atoms with van der Waals surface area (Å²) in [5.41, 5.74) is 2.33. The molecular weight excluding hydrogens is 427 g/mol. The van der Waals surface area contributed by atoms with Gasteiger partial charge >= 0.3 is 6.18 Å². The van der Waals surface area contributed by atoms with E-state index in [2.05, 4.69) is 20.3 Å². The molecule has 1 aromatic rings. The van der Waals surface area contributed by atoms with Gasteiger partial charge < -0.3 is 0 Å². The Balaban J connectivity index is 2.00. The lowest BCUT2D eigenvalue weighted by atomic mass is 9.67. The Labute approximate surface area is 163 Å². The highest BCUT2D eigenvalue weighted by molar-refractivity contribution is 9.10. The first-order valence-corrected chi connectivity index (χ1v) is 10.7. The van der Waals surface area contributed by atoms with Crippen molar-refractivity contribution in [2.24, 2.45) is 15.7 Å². The summed E-state index contributed by atoms with van der Waals surface area (Å²) in [6.07, 6.45) is -2.37. The van der Waals surface area contributed by atoms with Crippen molar-refractivity contribution in [1.29, 1.82) is 0 Å². The van der Waals surface area contributed by atoms with Gasteiger partial charge in [-0.3, -0.25) is 0 Å². The molecule has 0 heterocycles. The van der Waals surface area contributed by atoms with Gasteiger partial charge in [0.15, 0.2) is 0 Å². The lowest BCUT2D eigenvalue weighted by molar-refractivity contribution is -0.185. The Kier molecular flexibility index (Phi) is 5.19. The van der Waals surface area contributed by atoms with Gasteiger partial charge in [-0.05, 0) is 70.6 Å². The third-order valence-corrected chi connectivity index (χ3v) is 7.35. The molecule has 0 amide bonds. The summed E-state index contributed by atoms with van der Waals surface area (Å²) in [6.45, 7) is 5.57.